The van der Waals surface area contributed by atoms with Gasteiger partial charge in [-0.15, -0.1) is 0 Å². The highest BCUT2D eigenvalue weighted by Gasteiger charge is 2.07. The standard InChI is InChI=1S/C13H15BrO3/c1-3-17-13(15)10(2)8-16-9-11-6-4-5-7-12(11)14/h4-7H,2-3,8-9H2,1H3. The summed E-state index contributed by atoms with van der Waals surface area (Å²) in [5.74, 6) is -0.403. The minimum absolute atomic E-state index is 0.181. The topological polar surface area (TPSA) is 35.5 Å². The van der Waals surface area contributed by atoms with Gasteiger partial charge in [0, 0.05) is 4.47 Å². The van der Waals surface area contributed by atoms with Gasteiger partial charge < -0.3 is 9.47 Å². The van der Waals surface area contributed by atoms with Crippen molar-refractivity contribution < 1.29 is 14.3 Å². The zero-order valence-corrected chi connectivity index (χ0v) is 11.3. The monoisotopic (exact) mass is 298 g/mol. The van der Waals surface area contributed by atoms with Crippen LogP contribution in [-0.4, -0.2) is 19.2 Å². The molecular formula is C13H15BrO3. The number of benzene rings is 1. The van der Waals surface area contributed by atoms with Gasteiger partial charge in [-0.1, -0.05) is 40.7 Å². The summed E-state index contributed by atoms with van der Waals surface area (Å²) in [6.07, 6.45) is 0. The van der Waals surface area contributed by atoms with Crippen molar-refractivity contribution in [2.24, 2.45) is 0 Å². The molecule has 17 heavy (non-hydrogen) atoms. The molecule has 0 amide bonds. The molecule has 0 aromatic heterocycles. The molecule has 1 rings (SSSR count). The first kappa shape index (κ1) is 13.9. The number of carbonyl (C=O) groups excluding carboxylic acids is 1. The van der Waals surface area contributed by atoms with Crippen LogP contribution in [0.4, 0.5) is 0 Å². The summed E-state index contributed by atoms with van der Waals surface area (Å²) in [4.78, 5) is 11.2. The Morgan fingerprint density at radius 3 is 2.76 bits per heavy atom. The van der Waals surface area contributed by atoms with E-state index in [1.54, 1.807) is 6.92 Å². The Morgan fingerprint density at radius 1 is 1.41 bits per heavy atom. The minimum atomic E-state index is -0.403. The molecule has 0 bridgehead atoms. The normalized spacial score (nSPS) is 10.0. The molecule has 0 radical (unpaired) electrons. The molecule has 0 fully saturated rings. The maximum absolute atomic E-state index is 11.2. The molecule has 3 nitrogen and oxygen atoms in total. The van der Waals surface area contributed by atoms with Crippen molar-refractivity contribution in [2.75, 3.05) is 13.2 Å². The van der Waals surface area contributed by atoms with Gasteiger partial charge in [0.05, 0.1) is 25.4 Å². The zero-order chi connectivity index (χ0) is 12.7. The van der Waals surface area contributed by atoms with Gasteiger partial charge in [0.2, 0.25) is 0 Å². The highest BCUT2D eigenvalue weighted by molar-refractivity contribution is 9.10. The highest BCUT2D eigenvalue weighted by atomic mass is 79.9. The van der Waals surface area contributed by atoms with Crippen LogP contribution in [0.15, 0.2) is 40.9 Å². The van der Waals surface area contributed by atoms with Crippen LogP contribution in [-0.2, 0) is 20.9 Å². The van der Waals surface area contributed by atoms with E-state index in [4.69, 9.17) is 9.47 Å². The van der Waals surface area contributed by atoms with Gasteiger partial charge in [-0.25, -0.2) is 4.79 Å². The highest BCUT2D eigenvalue weighted by Crippen LogP contribution is 2.16. The van der Waals surface area contributed by atoms with E-state index in [9.17, 15) is 4.79 Å². The maximum Gasteiger partial charge on any atom is 0.335 e. The van der Waals surface area contributed by atoms with Crippen LogP contribution in [0, 0.1) is 0 Å². The lowest BCUT2D eigenvalue weighted by Crippen LogP contribution is -2.11. The van der Waals surface area contributed by atoms with Crippen LogP contribution in [0.2, 0.25) is 0 Å². The fourth-order valence-corrected chi connectivity index (χ4v) is 1.59. The lowest BCUT2D eigenvalue weighted by atomic mass is 10.2. The number of carbonyl (C=O) groups is 1. The van der Waals surface area contributed by atoms with Gasteiger partial charge in [0.15, 0.2) is 0 Å². The molecule has 0 unspecified atom stereocenters. The van der Waals surface area contributed by atoms with Crippen molar-refractivity contribution in [3.63, 3.8) is 0 Å². The van der Waals surface area contributed by atoms with E-state index in [0.29, 0.717) is 18.8 Å². The van der Waals surface area contributed by atoms with E-state index in [0.717, 1.165) is 10.0 Å². The third-order valence-electron chi connectivity index (χ3n) is 2.06. The number of hydrogen-bond acceptors (Lipinski definition) is 3. The Morgan fingerprint density at radius 2 is 2.12 bits per heavy atom. The van der Waals surface area contributed by atoms with Crippen LogP contribution in [0.3, 0.4) is 0 Å². The number of hydrogen-bond donors (Lipinski definition) is 0. The first-order chi connectivity index (χ1) is 8.15. The second-order valence-electron chi connectivity index (χ2n) is 3.41. The SMILES string of the molecule is C=C(COCc1ccccc1Br)C(=O)OCC. The molecule has 0 saturated carbocycles. The first-order valence-corrected chi connectivity index (χ1v) is 6.10. The van der Waals surface area contributed by atoms with Crippen molar-refractivity contribution in [3.05, 3.63) is 46.5 Å². The van der Waals surface area contributed by atoms with Gasteiger partial charge >= 0.3 is 5.97 Å². The molecule has 1 aromatic carbocycles. The van der Waals surface area contributed by atoms with Crippen molar-refractivity contribution >= 4 is 21.9 Å². The van der Waals surface area contributed by atoms with Gasteiger partial charge in [-0.05, 0) is 18.6 Å². The number of ether oxygens (including phenoxy) is 2. The van der Waals surface area contributed by atoms with Gasteiger partial charge in [-0.3, -0.25) is 0 Å². The Bertz CT molecular complexity index is 401. The molecule has 0 aliphatic heterocycles. The van der Waals surface area contributed by atoms with Crippen molar-refractivity contribution in [1.82, 2.24) is 0 Å². The van der Waals surface area contributed by atoms with Gasteiger partial charge in [0.1, 0.15) is 0 Å². The van der Waals surface area contributed by atoms with E-state index < -0.39 is 5.97 Å². The minimum Gasteiger partial charge on any atom is -0.463 e. The molecule has 92 valence electrons. The van der Waals surface area contributed by atoms with Crippen molar-refractivity contribution in [1.29, 1.82) is 0 Å². The largest absolute Gasteiger partial charge is 0.463 e. The fraction of sp³-hybridized carbons (Fsp3) is 0.308. The molecule has 0 aliphatic carbocycles. The second-order valence-corrected chi connectivity index (χ2v) is 4.26. The average Bonchev–Trinajstić information content (AvgIpc) is 2.31. The number of esters is 1. The average molecular weight is 299 g/mol. The van der Waals surface area contributed by atoms with Gasteiger partial charge in [0.25, 0.3) is 0 Å². The molecule has 0 atom stereocenters. The van der Waals surface area contributed by atoms with E-state index >= 15 is 0 Å². The lowest BCUT2D eigenvalue weighted by Gasteiger charge is -2.07. The van der Waals surface area contributed by atoms with E-state index in [1.165, 1.54) is 0 Å². The van der Waals surface area contributed by atoms with Crippen molar-refractivity contribution in [2.45, 2.75) is 13.5 Å². The van der Waals surface area contributed by atoms with Crippen LogP contribution in [0.1, 0.15) is 12.5 Å². The molecule has 1 aromatic rings. The number of halogens is 1. The van der Waals surface area contributed by atoms with Crippen LogP contribution in [0.5, 0.6) is 0 Å². The number of rotatable bonds is 6. The zero-order valence-electron chi connectivity index (χ0n) is 9.74. The first-order valence-electron chi connectivity index (χ1n) is 5.31. The smallest absolute Gasteiger partial charge is 0.335 e. The molecule has 0 N–H and O–H groups in total. The van der Waals surface area contributed by atoms with E-state index in [1.807, 2.05) is 24.3 Å². The third-order valence-corrected chi connectivity index (χ3v) is 2.83. The van der Waals surface area contributed by atoms with E-state index in [-0.39, 0.29) is 6.61 Å². The Hall–Kier alpha value is -1.13. The molecule has 0 saturated heterocycles. The Kier molecular flexibility index (Phi) is 5.94. The maximum atomic E-state index is 11.2. The molecule has 0 aliphatic rings. The summed E-state index contributed by atoms with van der Waals surface area (Å²) < 4.78 is 11.2. The summed E-state index contributed by atoms with van der Waals surface area (Å²) in [6.45, 7) is 6.33. The predicted octanol–water partition coefficient (Wildman–Crippen LogP) is 3.09. The summed E-state index contributed by atoms with van der Waals surface area (Å²) in [7, 11) is 0. The summed E-state index contributed by atoms with van der Waals surface area (Å²) in [5, 5.41) is 0. The quantitative estimate of drug-likeness (QED) is 0.598. The van der Waals surface area contributed by atoms with Crippen LogP contribution >= 0.6 is 15.9 Å². The van der Waals surface area contributed by atoms with Crippen molar-refractivity contribution in [3.8, 4) is 0 Å². The molecular weight excluding hydrogens is 284 g/mol. The summed E-state index contributed by atoms with van der Waals surface area (Å²) >= 11 is 3.42. The molecule has 4 heteroatoms. The fourth-order valence-electron chi connectivity index (χ4n) is 1.19. The predicted molar refractivity (Wildman–Crippen MR) is 69.6 cm³/mol. The Labute approximate surface area is 110 Å². The second kappa shape index (κ2) is 7.25. The lowest BCUT2D eigenvalue weighted by molar-refractivity contribution is -0.139. The molecule has 0 spiro atoms. The van der Waals surface area contributed by atoms with Crippen LogP contribution < -0.4 is 0 Å². The van der Waals surface area contributed by atoms with E-state index in [2.05, 4.69) is 22.5 Å². The summed E-state index contributed by atoms with van der Waals surface area (Å²) in [5.41, 5.74) is 1.36. The third kappa shape index (κ3) is 4.71. The molecule has 0 heterocycles. The summed E-state index contributed by atoms with van der Waals surface area (Å²) in [6, 6.07) is 7.77. The van der Waals surface area contributed by atoms with Crippen LogP contribution in [0.25, 0.3) is 0 Å². The Balaban J connectivity index is 2.36. The van der Waals surface area contributed by atoms with Gasteiger partial charge in [-0.2, -0.15) is 0 Å².